The van der Waals surface area contributed by atoms with Crippen LogP contribution in [0.3, 0.4) is 0 Å². The largest absolute Gasteiger partial charge is 0.393 e. The molecule has 1 aliphatic heterocycles. The van der Waals surface area contributed by atoms with Crippen LogP contribution >= 0.6 is 0 Å². The molecule has 0 spiro atoms. The van der Waals surface area contributed by atoms with Gasteiger partial charge in [-0.2, -0.15) is 0 Å². The van der Waals surface area contributed by atoms with Gasteiger partial charge < -0.3 is 9.84 Å². The van der Waals surface area contributed by atoms with Crippen LogP contribution in [0.4, 0.5) is 0 Å². The number of hydrogen-bond donors (Lipinski definition) is 1. The minimum Gasteiger partial charge on any atom is -0.393 e. The van der Waals surface area contributed by atoms with Gasteiger partial charge in [-0.05, 0) is 44.9 Å². The lowest BCUT2D eigenvalue weighted by Gasteiger charge is -2.19. The van der Waals surface area contributed by atoms with E-state index in [2.05, 4.69) is 6.92 Å². The summed E-state index contributed by atoms with van der Waals surface area (Å²) in [5, 5.41) is 9.23. The molecule has 0 bridgehead atoms. The molecule has 1 N–H and O–H groups in total. The average molecular weight is 200 g/mol. The first-order valence-electron chi connectivity index (χ1n) is 6.02. The molecule has 0 unspecified atom stereocenters. The van der Waals surface area contributed by atoms with E-state index >= 15 is 0 Å². The lowest BCUT2D eigenvalue weighted by atomic mass is 9.92. The highest BCUT2D eigenvalue weighted by molar-refractivity contribution is 4.70. The summed E-state index contributed by atoms with van der Waals surface area (Å²) in [6, 6.07) is 0. The van der Waals surface area contributed by atoms with E-state index in [1.807, 2.05) is 6.92 Å². The van der Waals surface area contributed by atoms with E-state index in [1.54, 1.807) is 0 Å². The summed E-state index contributed by atoms with van der Waals surface area (Å²) in [5.74, 6) is 0.743. The highest BCUT2D eigenvalue weighted by Crippen LogP contribution is 2.25. The minimum atomic E-state index is -0.145. The minimum absolute atomic E-state index is 0.145. The Kier molecular flexibility index (Phi) is 5.49. The summed E-state index contributed by atoms with van der Waals surface area (Å²) in [6.45, 7) is 5.07. The zero-order valence-corrected chi connectivity index (χ0v) is 9.54. The molecule has 1 aliphatic rings. The summed E-state index contributed by atoms with van der Waals surface area (Å²) < 4.78 is 5.63. The Morgan fingerprint density at radius 1 is 1.43 bits per heavy atom. The van der Waals surface area contributed by atoms with E-state index in [4.69, 9.17) is 4.74 Å². The fourth-order valence-electron chi connectivity index (χ4n) is 2.17. The third-order valence-electron chi connectivity index (χ3n) is 3.19. The van der Waals surface area contributed by atoms with Gasteiger partial charge in [-0.1, -0.05) is 13.3 Å². The lowest BCUT2D eigenvalue weighted by Crippen LogP contribution is -2.14. The van der Waals surface area contributed by atoms with Gasteiger partial charge in [-0.15, -0.1) is 0 Å². The van der Waals surface area contributed by atoms with Gasteiger partial charge in [0.2, 0.25) is 0 Å². The number of rotatable bonds is 6. The molecule has 0 aromatic carbocycles. The third kappa shape index (κ3) is 4.43. The smallest absolute Gasteiger partial charge is 0.0578 e. The second-order valence-electron chi connectivity index (χ2n) is 4.57. The van der Waals surface area contributed by atoms with Crippen molar-refractivity contribution >= 4 is 0 Å². The van der Waals surface area contributed by atoms with Gasteiger partial charge in [0.1, 0.15) is 0 Å². The maximum atomic E-state index is 9.23. The molecule has 1 saturated heterocycles. The van der Waals surface area contributed by atoms with Crippen LogP contribution in [0.5, 0.6) is 0 Å². The highest BCUT2D eigenvalue weighted by atomic mass is 16.5. The Labute approximate surface area is 87.7 Å². The predicted octanol–water partition coefficient (Wildman–Crippen LogP) is 2.74. The third-order valence-corrected chi connectivity index (χ3v) is 3.19. The van der Waals surface area contributed by atoms with Crippen molar-refractivity contribution in [1.82, 2.24) is 0 Å². The van der Waals surface area contributed by atoms with Gasteiger partial charge in [0.25, 0.3) is 0 Å². The first-order chi connectivity index (χ1) is 6.72. The molecule has 0 saturated carbocycles. The quantitative estimate of drug-likeness (QED) is 0.714. The monoisotopic (exact) mass is 200 g/mol. The van der Waals surface area contributed by atoms with Crippen molar-refractivity contribution in [2.45, 2.75) is 64.6 Å². The number of hydrogen-bond acceptors (Lipinski definition) is 2. The topological polar surface area (TPSA) is 29.5 Å². The van der Waals surface area contributed by atoms with Gasteiger partial charge in [0.15, 0.2) is 0 Å². The summed E-state index contributed by atoms with van der Waals surface area (Å²) in [6.07, 6.45) is 7.33. The normalized spacial score (nSPS) is 26.4. The molecule has 1 rings (SSSR count). The molecule has 3 atom stereocenters. The molecule has 0 aliphatic carbocycles. The van der Waals surface area contributed by atoms with Gasteiger partial charge in [-0.3, -0.25) is 0 Å². The number of aliphatic hydroxyl groups is 1. The molecule has 0 amide bonds. The molecule has 14 heavy (non-hydrogen) atoms. The molecular formula is C12H24O2. The Hall–Kier alpha value is -0.0800. The van der Waals surface area contributed by atoms with Crippen molar-refractivity contribution in [3.8, 4) is 0 Å². The summed E-state index contributed by atoms with van der Waals surface area (Å²) in [7, 11) is 0. The zero-order valence-electron chi connectivity index (χ0n) is 9.54. The zero-order chi connectivity index (χ0) is 10.4. The fraction of sp³-hybridized carbons (Fsp3) is 1.00. The van der Waals surface area contributed by atoms with Crippen molar-refractivity contribution in [2.75, 3.05) is 6.61 Å². The Morgan fingerprint density at radius 3 is 2.71 bits per heavy atom. The summed E-state index contributed by atoms with van der Waals surface area (Å²) in [4.78, 5) is 0. The van der Waals surface area contributed by atoms with Crippen molar-refractivity contribution in [3.05, 3.63) is 0 Å². The van der Waals surface area contributed by atoms with Crippen LogP contribution in [0.15, 0.2) is 0 Å². The number of aliphatic hydroxyl groups excluding tert-OH is 1. The van der Waals surface area contributed by atoms with Crippen LogP contribution in [0.2, 0.25) is 0 Å². The first-order valence-corrected chi connectivity index (χ1v) is 6.02. The Bertz CT molecular complexity index is 139. The van der Waals surface area contributed by atoms with E-state index in [0.29, 0.717) is 6.10 Å². The molecule has 0 radical (unpaired) electrons. The van der Waals surface area contributed by atoms with E-state index < -0.39 is 0 Å². The molecule has 1 fully saturated rings. The maximum Gasteiger partial charge on any atom is 0.0578 e. The standard InChI is InChI=1S/C12H24O2/c1-3-11(7-6-10(2)13)9-12-5-4-8-14-12/h10-13H,3-9H2,1-2H3/t10-,11+,12-/m0/s1. The van der Waals surface area contributed by atoms with Crippen LogP contribution < -0.4 is 0 Å². The first kappa shape index (κ1) is 12.0. The summed E-state index contributed by atoms with van der Waals surface area (Å²) >= 11 is 0. The molecule has 2 heteroatoms. The van der Waals surface area contributed by atoms with Crippen molar-refractivity contribution < 1.29 is 9.84 Å². The molecule has 84 valence electrons. The lowest BCUT2D eigenvalue weighted by molar-refractivity contribution is 0.0835. The van der Waals surface area contributed by atoms with Gasteiger partial charge >= 0.3 is 0 Å². The van der Waals surface area contributed by atoms with Crippen LogP contribution in [0.1, 0.15) is 52.4 Å². The van der Waals surface area contributed by atoms with Crippen molar-refractivity contribution in [1.29, 1.82) is 0 Å². The molecule has 0 aromatic rings. The van der Waals surface area contributed by atoms with E-state index in [0.717, 1.165) is 25.4 Å². The molecule has 0 aromatic heterocycles. The highest BCUT2D eigenvalue weighted by Gasteiger charge is 2.19. The van der Waals surface area contributed by atoms with Crippen molar-refractivity contribution in [3.63, 3.8) is 0 Å². The Morgan fingerprint density at radius 2 is 2.21 bits per heavy atom. The van der Waals surface area contributed by atoms with E-state index in [1.165, 1.54) is 25.7 Å². The SMILES string of the molecule is CC[C@H](CC[C@H](C)O)C[C@@H]1CCCO1. The molecule has 1 heterocycles. The molecular weight excluding hydrogens is 176 g/mol. The maximum absolute atomic E-state index is 9.23. The van der Waals surface area contributed by atoms with E-state index in [-0.39, 0.29) is 6.10 Å². The van der Waals surface area contributed by atoms with Crippen molar-refractivity contribution in [2.24, 2.45) is 5.92 Å². The summed E-state index contributed by atoms with van der Waals surface area (Å²) in [5.41, 5.74) is 0. The Balaban J connectivity index is 2.16. The second-order valence-corrected chi connectivity index (χ2v) is 4.57. The van der Waals surface area contributed by atoms with Gasteiger partial charge in [0.05, 0.1) is 12.2 Å². The molecule has 2 nitrogen and oxygen atoms in total. The predicted molar refractivity (Wildman–Crippen MR) is 58.3 cm³/mol. The van der Waals surface area contributed by atoms with Crippen LogP contribution in [0.25, 0.3) is 0 Å². The van der Waals surface area contributed by atoms with Crippen LogP contribution in [-0.4, -0.2) is 23.9 Å². The van der Waals surface area contributed by atoms with Gasteiger partial charge in [-0.25, -0.2) is 0 Å². The number of ether oxygens (including phenoxy) is 1. The van der Waals surface area contributed by atoms with E-state index in [9.17, 15) is 5.11 Å². The second kappa shape index (κ2) is 6.41. The van der Waals surface area contributed by atoms with Crippen LogP contribution in [0, 0.1) is 5.92 Å². The fourth-order valence-corrected chi connectivity index (χ4v) is 2.17. The average Bonchev–Trinajstić information content (AvgIpc) is 2.64. The van der Waals surface area contributed by atoms with Gasteiger partial charge in [0, 0.05) is 6.61 Å². The van der Waals surface area contributed by atoms with Crippen LogP contribution in [-0.2, 0) is 4.74 Å².